The highest BCUT2D eigenvalue weighted by Crippen LogP contribution is 2.43. The van der Waals surface area contributed by atoms with Gasteiger partial charge in [0, 0.05) is 45.3 Å². The third-order valence-corrected chi connectivity index (χ3v) is 6.57. The minimum atomic E-state index is 0.563. The number of benzene rings is 2. The summed E-state index contributed by atoms with van der Waals surface area (Å²) in [5.41, 5.74) is 2.34. The zero-order valence-electron chi connectivity index (χ0n) is 16.9. The SMILES string of the molecule is CSc1ccc2c(c1)C(SCCN(C(C)C)C(C)C)=Cc1ccccc1O2. The van der Waals surface area contributed by atoms with Crippen molar-refractivity contribution in [2.45, 2.75) is 44.7 Å². The van der Waals surface area contributed by atoms with Crippen LogP contribution in [0.4, 0.5) is 0 Å². The molecule has 4 heteroatoms. The topological polar surface area (TPSA) is 12.5 Å². The predicted molar refractivity (Wildman–Crippen MR) is 122 cm³/mol. The maximum atomic E-state index is 6.25. The Morgan fingerprint density at radius 3 is 2.41 bits per heavy atom. The summed E-state index contributed by atoms with van der Waals surface area (Å²) in [5.74, 6) is 2.94. The number of nitrogens with zero attached hydrogens (tertiary/aromatic N) is 1. The van der Waals surface area contributed by atoms with Crippen molar-refractivity contribution in [3.05, 3.63) is 53.6 Å². The van der Waals surface area contributed by atoms with Crippen LogP contribution < -0.4 is 4.74 Å². The molecule has 0 aromatic heterocycles. The van der Waals surface area contributed by atoms with Crippen molar-refractivity contribution in [2.24, 2.45) is 0 Å². The molecule has 27 heavy (non-hydrogen) atoms. The van der Waals surface area contributed by atoms with Crippen LogP contribution in [0.25, 0.3) is 11.0 Å². The van der Waals surface area contributed by atoms with Gasteiger partial charge in [0.1, 0.15) is 11.5 Å². The quantitative estimate of drug-likeness (QED) is 0.471. The van der Waals surface area contributed by atoms with Gasteiger partial charge in [-0.2, -0.15) is 0 Å². The van der Waals surface area contributed by atoms with Crippen molar-refractivity contribution < 1.29 is 4.74 Å². The van der Waals surface area contributed by atoms with Gasteiger partial charge in [0.05, 0.1) is 0 Å². The van der Waals surface area contributed by atoms with E-state index in [9.17, 15) is 0 Å². The van der Waals surface area contributed by atoms with E-state index in [0.717, 1.165) is 29.4 Å². The van der Waals surface area contributed by atoms with Crippen LogP contribution in [0.2, 0.25) is 0 Å². The van der Waals surface area contributed by atoms with Crippen molar-refractivity contribution in [1.82, 2.24) is 4.90 Å². The number of para-hydroxylation sites is 1. The lowest BCUT2D eigenvalue weighted by molar-refractivity contribution is 0.187. The highest BCUT2D eigenvalue weighted by molar-refractivity contribution is 8.08. The third kappa shape index (κ3) is 4.92. The molecular formula is C23H29NOS2. The fraction of sp³-hybridized carbons (Fsp3) is 0.391. The van der Waals surface area contributed by atoms with Crippen LogP contribution in [-0.2, 0) is 0 Å². The van der Waals surface area contributed by atoms with Gasteiger partial charge in [-0.1, -0.05) is 18.2 Å². The van der Waals surface area contributed by atoms with E-state index in [0.29, 0.717) is 12.1 Å². The summed E-state index contributed by atoms with van der Waals surface area (Å²) in [6, 6.07) is 15.9. The molecule has 1 heterocycles. The maximum absolute atomic E-state index is 6.25. The fourth-order valence-corrected chi connectivity index (χ4v) is 4.93. The van der Waals surface area contributed by atoms with Gasteiger partial charge in [0.15, 0.2) is 0 Å². The lowest BCUT2D eigenvalue weighted by Crippen LogP contribution is -2.38. The van der Waals surface area contributed by atoms with E-state index in [1.165, 1.54) is 15.4 Å². The van der Waals surface area contributed by atoms with Crippen LogP contribution in [0, 0.1) is 0 Å². The van der Waals surface area contributed by atoms with Crippen molar-refractivity contribution in [3.63, 3.8) is 0 Å². The molecule has 0 radical (unpaired) electrons. The van der Waals surface area contributed by atoms with Gasteiger partial charge < -0.3 is 4.74 Å². The van der Waals surface area contributed by atoms with Crippen LogP contribution in [0.15, 0.2) is 47.4 Å². The normalized spacial score (nSPS) is 13.3. The third-order valence-electron chi connectivity index (χ3n) is 4.81. The molecule has 2 nitrogen and oxygen atoms in total. The van der Waals surface area contributed by atoms with Crippen molar-refractivity contribution in [1.29, 1.82) is 0 Å². The summed E-state index contributed by atoms with van der Waals surface area (Å²) >= 11 is 3.70. The molecule has 1 aliphatic rings. The second-order valence-corrected chi connectivity index (χ2v) is 9.30. The van der Waals surface area contributed by atoms with Crippen LogP contribution in [-0.4, -0.2) is 35.5 Å². The second-order valence-electron chi connectivity index (χ2n) is 7.28. The number of thioether (sulfide) groups is 2. The average Bonchev–Trinajstić information content (AvgIpc) is 2.80. The van der Waals surface area contributed by atoms with Crippen LogP contribution >= 0.6 is 23.5 Å². The molecule has 2 aromatic rings. The molecule has 144 valence electrons. The minimum absolute atomic E-state index is 0.563. The Hall–Kier alpha value is -1.36. The zero-order valence-corrected chi connectivity index (χ0v) is 18.5. The van der Waals surface area contributed by atoms with E-state index < -0.39 is 0 Å². The minimum Gasteiger partial charge on any atom is -0.456 e. The summed E-state index contributed by atoms with van der Waals surface area (Å²) in [4.78, 5) is 5.10. The van der Waals surface area contributed by atoms with Crippen molar-refractivity contribution >= 4 is 34.5 Å². The van der Waals surface area contributed by atoms with E-state index in [-0.39, 0.29) is 0 Å². The molecule has 3 rings (SSSR count). The molecule has 0 unspecified atom stereocenters. The molecule has 0 aliphatic carbocycles. The largest absolute Gasteiger partial charge is 0.456 e. The first-order valence-electron chi connectivity index (χ1n) is 9.55. The number of hydrogen-bond acceptors (Lipinski definition) is 4. The van der Waals surface area contributed by atoms with Crippen molar-refractivity contribution in [2.75, 3.05) is 18.6 Å². The van der Waals surface area contributed by atoms with Crippen LogP contribution in [0.3, 0.4) is 0 Å². The van der Waals surface area contributed by atoms with Gasteiger partial charge in [0.2, 0.25) is 0 Å². The molecule has 0 saturated heterocycles. The molecular weight excluding hydrogens is 370 g/mol. The van der Waals surface area contributed by atoms with E-state index in [1.54, 1.807) is 11.8 Å². The number of fused-ring (bicyclic) bond motifs is 2. The lowest BCUT2D eigenvalue weighted by Gasteiger charge is -2.30. The van der Waals surface area contributed by atoms with Crippen LogP contribution in [0.1, 0.15) is 38.8 Å². The second kappa shape index (κ2) is 9.22. The van der Waals surface area contributed by atoms with Gasteiger partial charge in [-0.05, 0) is 64.3 Å². The zero-order chi connectivity index (χ0) is 19.4. The Morgan fingerprint density at radius 2 is 1.70 bits per heavy atom. The standard InChI is InChI=1S/C23H29NOS2/c1-16(2)24(17(3)4)12-13-27-23-14-18-8-6-7-9-21(18)25-22-11-10-19(26-5)15-20(22)23/h6-11,14-17H,12-13H2,1-5H3. The molecule has 0 fully saturated rings. The smallest absolute Gasteiger partial charge is 0.135 e. The lowest BCUT2D eigenvalue weighted by atomic mass is 10.1. The molecule has 2 aromatic carbocycles. The van der Waals surface area contributed by atoms with Gasteiger partial charge in [-0.3, -0.25) is 4.90 Å². The molecule has 0 amide bonds. The van der Waals surface area contributed by atoms with E-state index in [1.807, 2.05) is 23.9 Å². The summed E-state index contributed by atoms with van der Waals surface area (Å²) < 4.78 is 6.25. The van der Waals surface area contributed by atoms with E-state index >= 15 is 0 Å². The van der Waals surface area contributed by atoms with E-state index in [4.69, 9.17) is 4.74 Å². The average molecular weight is 400 g/mol. The summed E-state index contributed by atoms with van der Waals surface area (Å²) in [6.07, 6.45) is 4.40. The highest BCUT2D eigenvalue weighted by Gasteiger charge is 2.19. The Kier molecular flexibility index (Phi) is 6.96. The number of hydrogen-bond donors (Lipinski definition) is 0. The molecule has 0 saturated carbocycles. The Morgan fingerprint density at radius 1 is 0.963 bits per heavy atom. The molecule has 0 bridgehead atoms. The van der Waals surface area contributed by atoms with E-state index in [2.05, 4.69) is 75.3 Å². The number of ether oxygens (including phenoxy) is 1. The Bertz CT molecular complexity index is 806. The maximum Gasteiger partial charge on any atom is 0.135 e. The number of rotatable bonds is 7. The molecule has 0 N–H and O–H groups in total. The van der Waals surface area contributed by atoms with Crippen molar-refractivity contribution in [3.8, 4) is 11.5 Å². The molecule has 0 spiro atoms. The summed E-state index contributed by atoms with van der Waals surface area (Å²) in [7, 11) is 0. The Balaban J connectivity index is 1.89. The Labute approximate surface area is 172 Å². The van der Waals surface area contributed by atoms with Gasteiger partial charge in [-0.25, -0.2) is 0 Å². The van der Waals surface area contributed by atoms with Gasteiger partial charge >= 0.3 is 0 Å². The monoisotopic (exact) mass is 399 g/mol. The van der Waals surface area contributed by atoms with Gasteiger partial charge in [0.25, 0.3) is 0 Å². The predicted octanol–water partition coefficient (Wildman–Crippen LogP) is 6.86. The van der Waals surface area contributed by atoms with Gasteiger partial charge in [-0.15, -0.1) is 23.5 Å². The highest BCUT2D eigenvalue weighted by atomic mass is 32.2. The molecule has 1 aliphatic heterocycles. The molecule has 0 atom stereocenters. The first-order chi connectivity index (χ1) is 13.0. The first-order valence-corrected chi connectivity index (χ1v) is 11.8. The fourth-order valence-electron chi connectivity index (χ4n) is 3.44. The summed E-state index contributed by atoms with van der Waals surface area (Å²) in [6.45, 7) is 10.2. The van der Waals surface area contributed by atoms with Crippen LogP contribution in [0.5, 0.6) is 11.5 Å². The first kappa shape index (κ1) is 20.4. The summed E-state index contributed by atoms with van der Waals surface area (Å²) in [5, 5.41) is 0.